The zero-order chi connectivity index (χ0) is 21.5. The lowest BCUT2D eigenvalue weighted by Gasteiger charge is -2.22. The molecular weight excluding hydrogens is 376 g/mol. The number of carbonyl (C=O) groups excluding carboxylic acids is 1. The number of ether oxygens (including phenoxy) is 2. The molecule has 3 aromatic rings. The van der Waals surface area contributed by atoms with Gasteiger partial charge in [-0.05, 0) is 66.2 Å². The van der Waals surface area contributed by atoms with E-state index in [0.29, 0.717) is 26.2 Å². The van der Waals surface area contributed by atoms with Crippen LogP contribution < -0.4 is 9.47 Å². The maximum atomic E-state index is 12.7. The second kappa shape index (κ2) is 10.1. The minimum Gasteiger partial charge on any atom is -0.497 e. The van der Waals surface area contributed by atoms with Crippen molar-refractivity contribution in [3.05, 3.63) is 71.8 Å². The molecule has 3 aromatic carbocycles. The second-order valence-electron chi connectivity index (χ2n) is 7.55. The van der Waals surface area contributed by atoms with Crippen LogP contribution in [0.1, 0.15) is 18.1 Å². The highest BCUT2D eigenvalue weighted by atomic mass is 16.5. The number of hydrogen-bond donors (Lipinski definition) is 0. The summed E-state index contributed by atoms with van der Waals surface area (Å²) in [4.78, 5) is 16.5. The number of nitrogens with zero attached hydrogens (tertiary/aromatic N) is 2. The molecule has 5 heteroatoms. The van der Waals surface area contributed by atoms with E-state index in [4.69, 9.17) is 9.47 Å². The smallest absolute Gasteiger partial charge is 0.236 e. The Morgan fingerprint density at radius 1 is 0.833 bits per heavy atom. The van der Waals surface area contributed by atoms with Gasteiger partial charge in [0.05, 0.1) is 20.3 Å². The fourth-order valence-corrected chi connectivity index (χ4v) is 3.44. The average Bonchev–Trinajstić information content (AvgIpc) is 2.74. The zero-order valence-corrected chi connectivity index (χ0v) is 18.2. The third-order valence-electron chi connectivity index (χ3n) is 5.05. The van der Waals surface area contributed by atoms with E-state index in [1.54, 1.807) is 12.0 Å². The van der Waals surface area contributed by atoms with Gasteiger partial charge in [0.1, 0.15) is 11.5 Å². The van der Waals surface area contributed by atoms with Crippen LogP contribution >= 0.6 is 0 Å². The molecule has 0 fully saturated rings. The van der Waals surface area contributed by atoms with Crippen molar-refractivity contribution >= 4 is 16.7 Å². The van der Waals surface area contributed by atoms with Gasteiger partial charge >= 0.3 is 0 Å². The average molecular weight is 407 g/mol. The number of rotatable bonds is 9. The first-order valence-corrected chi connectivity index (χ1v) is 10.2. The minimum atomic E-state index is 0.0956. The number of methoxy groups -OCH3 is 1. The van der Waals surface area contributed by atoms with E-state index in [-0.39, 0.29) is 5.91 Å². The summed E-state index contributed by atoms with van der Waals surface area (Å²) >= 11 is 0. The fourth-order valence-electron chi connectivity index (χ4n) is 3.44. The molecule has 0 atom stereocenters. The maximum Gasteiger partial charge on any atom is 0.236 e. The standard InChI is InChI=1S/C25H30N2O3/c1-5-30-23-11-7-19(8-12-23)16-26(2)18-25(28)27(3)17-20-6-9-22-15-24(29-4)13-10-21(22)14-20/h6-15H,5,16-18H2,1-4H3. The Morgan fingerprint density at radius 2 is 1.47 bits per heavy atom. The molecule has 0 radical (unpaired) electrons. The van der Waals surface area contributed by atoms with Crippen LogP contribution in [-0.2, 0) is 17.9 Å². The van der Waals surface area contributed by atoms with Gasteiger partial charge < -0.3 is 14.4 Å². The van der Waals surface area contributed by atoms with Crippen LogP contribution in [0.2, 0.25) is 0 Å². The summed E-state index contributed by atoms with van der Waals surface area (Å²) < 4.78 is 10.8. The molecule has 0 aliphatic carbocycles. The Balaban J connectivity index is 1.55. The molecule has 0 aliphatic rings. The molecule has 3 rings (SSSR count). The summed E-state index contributed by atoms with van der Waals surface area (Å²) in [7, 11) is 5.49. The quantitative estimate of drug-likeness (QED) is 0.530. The van der Waals surface area contributed by atoms with Crippen molar-refractivity contribution in [2.75, 3.05) is 34.4 Å². The Kier molecular flexibility index (Phi) is 7.31. The summed E-state index contributed by atoms with van der Waals surface area (Å²) in [6, 6.07) is 20.3. The summed E-state index contributed by atoms with van der Waals surface area (Å²) in [5.41, 5.74) is 2.26. The Morgan fingerprint density at radius 3 is 2.17 bits per heavy atom. The molecule has 158 valence electrons. The molecule has 0 spiro atoms. The molecule has 0 saturated carbocycles. The van der Waals surface area contributed by atoms with Gasteiger partial charge in [0.25, 0.3) is 0 Å². The van der Waals surface area contributed by atoms with Crippen LogP contribution in [0.25, 0.3) is 10.8 Å². The first kappa shape index (κ1) is 21.7. The highest BCUT2D eigenvalue weighted by molar-refractivity contribution is 5.84. The predicted octanol–water partition coefficient (Wildman–Crippen LogP) is 4.34. The monoisotopic (exact) mass is 406 g/mol. The molecule has 0 heterocycles. The molecule has 1 amide bonds. The number of amides is 1. The largest absolute Gasteiger partial charge is 0.497 e. The van der Waals surface area contributed by atoms with E-state index in [1.165, 1.54) is 0 Å². The summed E-state index contributed by atoms with van der Waals surface area (Å²) in [6.45, 7) is 4.29. The van der Waals surface area contributed by atoms with Crippen molar-refractivity contribution in [2.24, 2.45) is 0 Å². The third kappa shape index (κ3) is 5.74. The van der Waals surface area contributed by atoms with E-state index in [9.17, 15) is 4.79 Å². The number of fused-ring (bicyclic) bond motifs is 1. The van der Waals surface area contributed by atoms with E-state index >= 15 is 0 Å². The molecular formula is C25H30N2O3. The molecule has 0 aromatic heterocycles. The SMILES string of the molecule is CCOc1ccc(CN(C)CC(=O)N(C)Cc2ccc3cc(OC)ccc3c2)cc1. The lowest BCUT2D eigenvalue weighted by atomic mass is 10.1. The Bertz CT molecular complexity index is 985. The molecule has 0 unspecified atom stereocenters. The first-order valence-electron chi connectivity index (χ1n) is 10.2. The number of carbonyl (C=O) groups is 1. The van der Waals surface area contributed by atoms with Gasteiger partial charge in [-0.2, -0.15) is 0 Å². The second-order valence-corrected chi connectivity index (χ2v) is 7.55. The van der Waals surface area contributed by atoms with Crippen molar-refractivity contribution in [1.82, 2.24) is 9.80 Å². The van der Waals surface area contributed by atoms with E-state index in [0.717, 1.165) is 33.4 Å². The number of benzene rings is 3. The predicted molar refractivity (Wildman–Crippen MR) is 121 cm³/mol. The van der Waals surface area contributed by atoms with Gasteiger partial charge in [-0.25, -0.2) is 0 Å². The first-order chi connectivity index (χ1) is 14.5. The Hall–Kier alpha value is -3.05. The number of likely N-dealkylation sites (N-methyl/N-ethyl adjacent to an activating group) is 2. The van der Waals surface area contributed by atoms with Crippen molar-refractivity contribution < 1.29 is 14.3 Å². The van der Waals surface area contributed by atoms with Crippen LogP contribution in [0, 0.1) is 0 Å². The van der Waals surface area contributed by atoms with Crippen LogP contribution in [0.5, 0.6) is 11.5 Å². The van der Waals surface area contributed by atoms with Gasteiger partial charge in [0.2, 0.25) is 5.91 Å². The van der Waals surface area contributed by atoms with Gasteiger partial charge in [-0.1, -0.05) is 30.3 Å². The minimum absolute atomic E-state index is 0.0956. The van der Waals surface area contributed by atoms with Gasteiger partial charge in [0.15, 0.2) is 0 Å². The lowest BCUT2D eigenvalue weighted by molar-refractivity contribution is -0.131. The molecule has 0 N–H and O–H groups in total. The van der Waals surface area contributed by atoms with Gasteiger partial charge in [-0.15, -0.1) is 0 Å². The summed E-state index contributed by atoms with van der Waals surface area (Å²) in [5, 5.41) is 2.27. The van der Waals surface area contributed by atoms with Crippen molar-refractivity contribution in [3.63, 3.8) is 0 Å². The Labute approximate surface area is 178 Å². The topological polar surface area (TPSA) is 42.0 Å². The fraction of sp³-hybridized carbons (Fsp3) is 0.320. The lowest BCUT2D eigenvalue weighted by Crippen LogP contribution is -2.36. The molecule has 0 bridgehead atoms. The van der Waals surface area contributed by atoms with Crippen LogP contribution in [0.4, 0.5) is 0 Å². The highest BCUT2D eigenvalue weighted by Gasteiger charge is 2.13. The zero-order valence-electron chi connectivity index (χ0n) is 18.2. The van der Waals surface area contributed by atoms with Crippen molar-refractivity contribution in [2.45, 2.75) is 20.0 Å². The van der Waals surface area contributed by atoms with Crippen LogP contribution in [-0.4, -0.2) is 50.1 Å². The van der Waals surface area contributed by atoms with E-state index in [1.807, 2.05) is 68.4 Å². The third-order valence-corrected chi connectivity index (χ3v) is 5.05. The number of hydrogen-bond acceptors (Lipinski definition) is 4. The van der Waals surface area contributed by atoms with Crippen LogP contribution in [0.3, 0.4) is 0 Å². The van der Waals surface area contributed by atoms with E-state index in [2.05, 4.69) is 18.2 Å². The van der Waals surface area contributed by atoms with E-state index < -0.39 is 0 Å². The maximum absolute atomic E-state index is 12.7. The van der Waals surface area contributed by atoms with Crippen LogP contribution in [0.15, 0.2) is 60.7 Å². The van der Waals surface area contributed by atoms with Gasteiger partial charge in [0, 0.05) is 20.1 Å². The molecule has 30 heavy (non-hydrogen) atoms. The molecule has 0 saturated heterocycles. The summed E-state index contributed by atoms with van der Waals surface area (Å²) in [5.74, 6) is 1.81. The normalized spacial score (nSPS) is 11.0. The van der Waals surface area contributed by atoms with Crippen molar-refractivity contribution in [3.8, 4) is 11.5 Å². The molecule has 5 nitrogen and oxygen atoms in total. The molecule has 0 aliphatic heterocycles. The summed E-state index contributed by atoms with van der Waals surface area (Å²) in [6.07, 6.45) is 0. The highest BCUT2D eigenvalue weighted by Crippen LogP contribution is 2.22. The van der Waals surface area contributed by atoms with Gasteiger partial charge in [-0.3, -0.25) is 9.69 Å². The van der Waals surface area contributed by atoms with Crippen molar-refractivity contribution in [1.29, 1.82) is 0 Å².